The molecular weight excluding hydrogens is 368 g/mol. The molecular formula is C20H21ClN2O4. The number of fused-ring (bicyclic) bond motifs is 1. The number of hydrogen-bond acceptors (Lipinski definition) is 4. The van der Waals surface area contributed by atoms with Crippen LogP contribution in [0.25, 0.3) is 0 Å². The van der Waals surface area contributed by atoms with Crippen molar-refractivity contribution in [1.29, 1.82) is 0 Å². The van der Waals surface area contributed by atoms with Gasteiger partial charge in [0.05, 0.1) is 24.8 Å². The second-order valence-corrected chi connectivity index (χ2v) is 6.48. The molecule has 0 saturated carbocycles. The first-order valence-electron chi connectivity index (χ1n) is 8.83. The summed E-state index contributed by atoms with van der Waals surface area (Å²) in [6.07, 6.45) is 1.55. The summed E-state index contributed by atoms with van der Waals surface area (Å²) < 4.78 is 11.1. The number of anilines is 1. The SMILES string of the molecule is CCc1ccccc1NC(=O)CNC(=O)c1cc(Cl)c2c(c1)OCCCO2. The molecule has 2 amide bonds. The van der Waals surface area contributed by atoms with E-state index in [-0.39, 0.29) is 12.5 Å². The van der Waals surface area contributed by atoms with Crippen LogP contribution in [0.5, 0.6) is 11.5 Å². The van der Waals surface area contributed by atoms with E-state index in [2.05, 4.69) is 10.6 Å². The monoisotopic (exact) mass is 388 g/mol. The van der Waals surface area contributed by atoms with Crippen LogP contribution in [0.1, 0.15) is 29.3 Å². The molecule has 1 aliphatic rings. The number of para-hydroxylation sites is 1. The molecule has 27 heavy (non-hydrogen) atoms. The van der Waals surface area contributed by atoms with Gasteiger partial charge < -0.3 is 20.1 Å². The number of aryl methyl sites for hydroxylation is 1. The van der Waals surface area contributed by atoms with Crippen molar-refractivity contribution in [3.05, 3.63) is 52.5 Å². The van der Waals surface area contributed by atoms with Gasteiger partial charge in [-0.05, 0) is 30.2 Å². The highest BCUT2D eigenvalue weighted by molar-refractivity contribution is 6.32. The molecule has 1 heterocycles. The lowest BCUT2D eigenvalue weighted by molar-refractivity contribution is -0.115. The Bertz CT molecular complexity index is 854. The van der Waals surface area contributed by atoms with Gasteiger partial charge in [0.1, 0.15) is 0 Å². The van der Waals surface area contributed by atoms with Crippen LogP contribution in [-0.4, -0.2) is 31.6 Å². The molecule has 0 saturated heterocycles. The fraction of sp³-hybridized carbons (Fsp3) is 0.300. The molecule has 0 atom stereocenters. The Morgan fingerprint density at radius 2 is 1.93 bits per heavy atom. The second-order valence-electron chi connectivity index (χ2n) is 6.08. The number of benzene rings is 2. The summed E-state index contributed by atoms with van der Waals surface area (Å²) in [5.41, 5.74) is 2.09. The van der Waals surface area contributed by atoms with Crippen LogP contribution < -0.4 is 20.1 Å². The van der Waals surface area contributed by atoms with Gasteiger partial charge in [0.25, 0.3) is 5.91 Å². The minimum absolute atomic E-state index is 0.150. The predicted molar refractivity (Wildman–Crippen MR) is 104 cm³/mol. The van der Waals surface area contributed by atoms with E-state index in [0.717, 1.165) is 24.1 Å². The Hall–Kier alpha value is -2.73. The van der Waals surface area contributed by atoms with Gasteiger partial charge in [0.15, 0.2) is 11.5 Å². The summed E-state index contributed by atoms with van der Waals surface area (Å²) >= 11 is 6.20. The number of halogens is 1. The number of hydrogen-bond donors (Lipinski definition) is 2. The first kappa shape index (κ1) is 19.0. The second kappa shape index (κ2) is 8.77. The quantitative estimate of drug-likeness (QED) is 0.822. The van der Waals surface area contributed by atoms with Gasteiger partial charge in [-0.3, -0.25) is 9.59 Å². The first-order chi connectivity index (χ1) is 13.1. The van der Waals surface area contributed by atoms with Gasteiger partial charge in [-0.2, -0.15) is 0 Å². The maximum absolute atomic E-state index is 12.4. The van der Waals surface area contributed by atoms with Crippen molar-refractivity contribution in [2.45, 2.75) is 19.8 Å². The van der Waals surface area contributed by atoms with Crippen molar-refractivity contribution in [3.8, 4) is 11.5 Å². The Morgan fingerprint density at radius 3 is 2.74 bits per heavy atom. The molecule has 2 aromatic rings. The highest BCUT2D eigenvalue weighted by Gasteiger charge is 2.19. The zero-order chi connectivity index (χ0) is 19.2. The van der Waals surface area contributed by atoms with Crippen molar-refractivity contribution >= 4 is 29.1 Å². The standard InChI is InChI=1S/C20H21ClN2O4/c1-2-13-6-3-4-7-16(13)23-18(24)12-22-20(25)14-10-15(21)19-17(11-14)26-8-5-9-27-19/h3-4,6-7,10-11H,2,5,8-9,12H2,1H3,(H,22,25)(H,23,24). The van der Waals surface area contributed by atoms with Gasteiger partial charge in [-0.15, -0.1) is 0 Å². The molecule has 0 radical (unpaired) electrons. The molecule has 0 spiro atoms. The summed E-state index contributed by atoms with van der Waals surface area (Å²) in [5.74, 6) is 0.169. The van der Waals surface area contributed by atoms with Gasteiger partial charge in [-0.25, -0.2) is 0 Å². The Morgan fingerprint density at radius 1 is 1.15 bits per heavy atom. The van der Waals surface area contributed by atoms with Gasteiger partial charge in [0, 0.05) is 17.7 Å². The minimum atomic E-state index is -0.411. The molecule has 0 unspecified atom stereocenters. The van der Waals surface area contributed by atoms with Crippen molar-refractivity contribution in [3.63, 3.8) is 0 Å². The molecule has 2 aromatic carbocycles. The van der Waals surface area contributed by atoms with E-state index in [1.54, 1.807) is 6.07 Å². The van der Waals surface area contributed by atoms with E-state index in [9.17, 15) is 9.59 Å². The van der Waals surface area contributed by atoms with Crippen LogP contribution >= 0.6 is 11.6 Å². The van der Waals surface area contributed by atoms with Gasteiger partial charge in [-0.1, -0.05) is 36.7 Å². The van der Waals surface area contributed by atoms with Crippen molar-refractivity contribution in [2.75, 3.05) is 25.1 Å². The average Bonchev–Trinajstić information content (AvgIpc) is 2.92. The smallest absolute Gasteiger partial charge is 0.251 e. The van der Waals surface area contributed by atoms with Crippen molar-refractivity contribution in [2.24, 2.45) is 0 Å². The zero-order valence-electron chi connectivity index (χ0n) is 15.0. The first-order valence-corrected chi connectivity index (χ1v) is 9.21. The molecule has 1 aliphatic heterocycles. The summed E-state index contributed by atoms with van der Waals surface area (Å²) in [6.45, 7) is 2.87. The van der Waals surface area contributed by atoms with E-state index in [1.807, 2.05) is 31.2 Å². The van der Waals surface area contributed by atoms with E-state index in [0.29, 0.717) is 35.3 Å². The van der Waals surface area contributed by atoms with Gasteiger partial charge >= 0.3 is 0 Å². The number of amides is 2. The molecule has 142 valence electrons. The van der Waals surface area contributed by atoms with Crippen molar-refractivity contribution < 1.29 is 19.1 Å². The van der Waals surface area contributed by atoms with Gasteiger partial charge in [0.2, 0.25) is 5.91 Å². The van der Waals surface area contributed by atoms with E-state index in [1.165, 1.54) is 6.07 Å². The van der Waals surface area contributed by atoms with Crippen LogP contribution in [0.4, 0.5) is 5.69 Å². The number of nitrogens with one attached hydrogen (secondary N) is 2. The number of carbonyl (C=O) groups is 2. The fourth-order valence-electron chi connectivity index (χ4n) is 2.77. The molecule has 0 aliphatic carbocycles. The molecule has 0 bridgehead atoms. The summed E-state index contributed by atoms with van der Waals surface area (Å²) in [5, 5.41) is 5.72. The largest absolute Gasteiger partial charge is 0.489 e. The lowest BCUT2D eigenvalue weighted by atomic mass is 10.1. The maximum atomic E-state index is 12.4. The maximum Gasteiger partial charge on any atom is 0.251 e. The normalized spacial score (nSPS) is 12.8. The van der Waals surface area contributed by atoms with Crippen LogP contribution in [0.15, 0.2) is 36.4 Å². The average molecular weight is 389 g/mol. The number of ether oxygens (including phenoxy) is 2. The molecule has 3 rings (SSSR count). The molecule has 7 heteroatoms. The Balaban J connectivity index is 1.63. The summed E-state index contributed by atoms with van der Waals surface area (Å²) in [4.78, 5) is 24.6. The Labute approximate surface area is 162 Å². The highest BCUT2D eigenvalue weighted by atomic mass is 35.5. The third-order valence-corrected chi connectivity index (χ3v) is 4.43. The van der Waals surface area contributed by atoms with E-state index < -0.39 is 5.91 Å². The van der Waals surface area contributed by atoms with Crippen LogP contribution in [0.3, 0.4) is 0 Å². The topological polar surface area (TPSA) is 76.7 Å². The van der Waals surface area contributed by atoms with Crippen molar-refractivity contribution in [1.82, 2.24) is 5.32 Å². The third kappa shape index (κ3) is 4.71. The predicted octanol–water partition coefficient (Wildman–Crippen LogP) is 3.43. The fourth-order valence-corrected chi connectivity index (χ4v) is 3.03. The summed E-state index contributed by atoms with van der Waals surface area (Å²) in [6, 6.07) is 10.6. The molecule has 6 nitrogen and oxygen atoms in total. The number of carbonyl (C=O) groups excluding carboxylic acids is 2. The third-order valence-electron chi connectivity index (χ3n) is 4.15. The summed E-state index contributed by atoms with van der Waals surface area (Å²) in [7, 11) is 0. The molecule has 2 N–H and O–H groups in total. The lowest BCUT2D eigenvalue weighted by Gasteiger charge is -2.12. The van der Waals surface area contributed by atoms with E-state index in [4.69, 9.17) is 21.1 Å². The highest BCUT2D eigenvalue weighted by Crippen LogP contribution is 2.37. The Kier molecular flexibility index (Phi) is 6.19. The van der Waals surface area contributed by atoms with Crippen LogP contribution in [-0.2, 0) is 11.2 Å². The van der Waals surface area contributed by atoms with Crippen LogP contribution in [0, 0.1) is 0 Å². The van der Waals surface area contributed by atoms with E-state index >= 15 is 0 Å². The molecule has 0 fully saturated rings. The number of rotatable bonds is 5. The molecule has 0 aromatic heterocycles. The zero-order valence-corrected chi connectivity index (χ0v) is 15.8. The lowest BCUT2D eigenvalue weighted by Crippen LogP contribution is -2.33. The minimum Gasteiger partial charge on any atom is -0.489 e. The van der Waals surface area contributed by atoms with Crippen LogP contribution in [0.2, 0.25) is 5.02 Å².